The van der Waals surface area contributed by atoms with E-state index in [1.54, 1.807) is 6.20 Å². The number of hydrogen-bond acceptors (Lipinski definition) is 2. The molecule has 0 saturated carbocycles. The quantitative estimate of drug-likeness (QED) is 0.696. The average Bonchev–Trinajstić information content (AvgIpc) is 2.68. The maximum absolute atomic E-state index is 13.2. The normalized spacial score (nSPS) is 20.6. The van der Waals surface area contributed by atoms with Crippen LogP contribution in [-0.4, -0.2) is 28.9 Å². The summed E-state index contributed by atoms with van der Waals surface area (Å²) in [4.78, 5) is 19.7. The van der Waals surface area contributed by atoms with E-state index in [-0.39, 0.29) is 11.3 Å². The summed E-state index contributed by atoms with van der Waals surface area (Å²) < 4.78 is 0. The van der Waals surface area contributed by atoms with Crippen molar-refractivity contribution in [1.82, 2.24) is 9.88 Å². The molecule has 0 N–H and O–H groups in total. The van der Waals surface area contributed by atoms with Crippen molar-refractivity contribution >= 4 is 16.8 Å². The molecular formula is C22H22N2O. The van der Waals surface area contributed by atoms with Crippen LogP contribution in [0.25, 0.3) is 10.9 Å². The molecule has 1 aromatic heterocycles. The number of amides is 1. The molecule has 1 aliphatic rings. The van der Waals surface area contributed by atoms with Crippen LogP contribution >= 0.6 is 0 Å². The Morgan fingerprint density at radius 1 is 1.04 bits per heavy atom. The Balaban J connectivity index is 1.66. The molecule has 1 atom stereocenters. The molecule has 1 aliphatic heterocycles. The van der Waals surface area contributed by atoms with Gasteiger partial charge in [0.15, 0.2) is 0 Å². The maximum atomic E-state index is 13.2. The van der Waals surface area contributed by atoms with Crippen molar-refractivity contribution in [1.29, 1.82) is 0 Å². The molecule has 1 unspecified atom stereocenters. The lowest BCUT2D eigenvalue weighted by molar-refractivity contribution is 0.0653. The van der Waals surface area contributed by atoms with E-state index in [0.29, 0.717) is 5.56 Å². The van der Waals surface area contributed by atoms with Crippen molar-refractivity contribution in [2.45, 2.75) is 25.2 Å². The summed E-state index contributed by atoms with van der Waals surface area (Å²) in [5.74, 6) is 0.0890. The van der Waals surface area contributed by atoms with Gasteiger partial charge in [0.25, 0.3) is 5.91 Å². The molecule has 0 radical (unpaired) electrons. The molecule has 3 nitrogen and oxygen atoms in total. The monoisotopic (exact) mass is 330 g/mol. The predicted molar refractivity (Wildman–Crippen MR) is 101 cm³/mol. The number of para-hydroxylation sites is 1. The van der Waals surface area contributed by atoms with Gasteiger partial charge in [-0.05, 0) is 30.5 Å². The summed E-state index contributed by atoms with van der Waals surface area (Å²) in [5, 5.41) is 1.01. The second-order valence-electron chi connectivity index (χ2n) is 7.14. The molecule has 1 saturated heterocycles. The van der Waals surface area contributed by atoms with Gasteiger partial charge in [-0.15, -0.1) is 0 Å². The molecule has 0 spiro atoms. The number of pyridine rings is 1. The highest BCUT2D eigenvalue weighted by atomic mass is 16.2. The number of piperidine rings is 1. The number of fused-ring (bicyclic) bond motifs is 1. The van der Waals surface area contributed by atoms with Crippen LogP contribution in [0.3, 0.4) is 0 Å². The van der Waals surface area contributed by atoms with Crippen LogP contribution in [0.4, 0.5) is 0 Å². The molecule has 0 aliphatic carbocycles. The lowest BCUT2D eigenvalue weighted by atomic mass is 9.76. The minimum absolute atomic E-state index is 0.00713. The summed E-state index contributed by atoms with van der Waals surface area (Å²) >= 11 is 0. The van der Waals surface area contributed by atoms with Crippen LogP contribution in [0.5, 0.6) is 0 Å². The van der Waals surface area contributed by atoms with Gasteiger partial charge in [0, 0.05) is 30.1 Å². The fraction of sp³-hybridized carbons (Fsp3) is 0.273. The summed E-state index contributed by atoms with van der Waals surface area (Å²) in [7, 11) is 0. The Labute approximate surface area is 148 Å². The number of aromatic nitrogens is 1. The third-order valence-electron chi connectivity index (χ3n) is 5.32. The van der Waals surface area contributed by atoms with E-state index in [2.05, 4.69) is 36.2 Å². The first-order valence-corrected chi connectivity index (χ1v) is 8.86. The highest BCUT2D eigenvalue weighted by Gasteiger charge is 2.35. The molecule has 2 heterocycles. The lowest BCUT2D eigenvalue weighted by Crippen LogP contribution is -2.47. The summed E-state index contributed by atoms with van der Waals surface area (Å²) in [6.45, 7) is 3.83. The largest absolute Gasteiger partial charge is 0.338 e. The van der Waals surface area contributed by atoms with Crippen molar-refractivity contribution in [3.05, 3.63) is 78.0 Å². The lowest BCUT2D eigenvalue weighted by Gasteiger charge is -2.41. The number of likely N-dealkylation sites (tertiary alicyclic amines) is 1. The smallest absolute Gasteiger partial charge is 0.256 e. The molecule has 1 fully saturated rings. The van der Waals surface area contributed by atoms with Gasteiger partial charge >= 0.3 is 0 Å². The van der Waals surface area contributed by atoms with Gasteiger partial charge in [-0.1, -0.05) is 55.5 Å². The Kier molecular flexibility index (Phi) is 4.00. The molecule has 1 amide bonds. The highest BCUT2D eigenvalue weighted by Crippen LogP contribution is 2.34. The van der Waals surface area contributed by atoms with Crippen molar-refractivity contribution in [2.24, 2.45) is 0 Å². The van der Waals surface area contributed by atoms with Gasteiger partial charge in [0.1, 0.15) is 0 Å². The fourth-order valence-electron chi connectivity index (χ4n) is 3.94. The van der Waals surface area contributed by atoms with E-state index in [1.165, 1.54) is 5.56 Å². The maximum Gasteiger partial charge on any atom is 0.256 e. The Bertz CT molecular complexity index is 901. The fourth-order valence-corrected chi connectivity index (χ4v) is 3.94. The minimum Gasteiger partial charge on any atom is -0.338 e. The Morgan fingerprint density at radius 3 is 2.68 bits per heavy atom. The zero-order valence-electron chi connectivity index (χ0n) is 14.5. The Hall–Kier alpha value is -2.68. The van der Waals surface area contributed by atoms with Gasteiger partial charge in [0.05, 0.1) is 11.1 Å². The molecule has 0 bridgehead atoms. The SMILES string of the molecule is CC1(c2ccccc2)CCCN(C(=O)c2cccc3cccnc23)C1. The molecular weight excluding hydrogens is 308 g/mol. The standard InChI is InChI=1S/C22H22N2O/c1-22(18-10-3-2-4-11-18)13-7-15-24(16-22)21(25)19-12-5-8-17-9-6-14-23-20(17)19/h2-6,8-12,14H,7,13,15-16H2,1H3. The van der Waals surface area contributed by atoms with E-state index < -0.39 is 0 Å². The highest BCUT2D eigenvalue weighted by molar-refractivity contribution is 6.05. The van der Waals surface area contributed by atoms with Crippen LogP contribution in [0.15, 0.2) is 66.9 Å². The second-order valence-corrected chi connectivity index (χ2v) is 7.14. The first-order valence-electron chi connectivity index (χ1n) is 8.86. The molecule has 3 aromatic rings. The number of nitrogens with zero attached hydrogens (tertiary/aromatic N) is 2. The van der Waals surface area contributed by atoms with Crippen molar-refractivity contribution in [3.63, 3.8) is 0 Å². The van der Waals surface area contributed by atoms with Gasteiger partial charge in [0.2, 0.25) is 0 Å². The van der Waals surface area contributed by atoms with Crippen molar-refractivity contribution < 1.29 is 4.79 Å². The topological polar surface area (TPSA) is 33.2 Å². The molecule has 3 heteroatoms. The molecule has 126 valence electrons. The van der Waals surface area contributed by atoms with Crippen molar-refractivity contribution in [3.8, 4) is 0 Å². The van der Waals surface area contributed by atoms with Crippen LogP contribution in [0, 0.1) is 0 Å². The van der Waals surface area contributed by atoms with E-state index in [0.717, 1.165) is 36.8 Å². The van der Waals surface area contributed by atoms with E-state index in [4.69, 9.17) is 0 Å². The average molecular weight is 330 g/mol. The molecule has 25 heavy (non-hydrogen) atoms. The number of carbonyl (C=O) groups excluding carboxylic acids is 1. The predicted octanol–water partition coefficient (Wildman–Crippen LogP) is 4.43. The van der Waals surface area contributed by atoms with Crippen molar-refractivity contribution in [2.75, 3.05) is 13.1 Å². The van der Waals surface area contributed by atoms with E-state index >= 15 is 0 Å². The van der Waals surface area contributed by atoms with Crippen LogP contribution in [0.1, 0.15) is 35.7 Å². The first kappa shape index (κ1) is 15.8. The van der Waals surface area contributed by atoms with Crippen LogP contribution in [0.2, 0.25) is 0 Å². The van der Waals surface area contributed by atoms with Gasteiger partial charge in [-0.3, -0.25) is 9.78 Å². The van der Waals surface area contributed by atoms with Crippen LogP contribution in [-0.2, 0) is 5.41 Å². The summed E-state index contributed by atoms with van der Waals surface area (Å²) in [5.41, 5.74) is 2.81. The minimum atomic E-state index is 0.00713. The second kappa shape index (κ2) is 6.32. The number of hydrogen-bond donors (Lipinski definition) is 0. The zero-order chi connectivity index (χ0) is 17.3. The molecule has 2 aromatic carbocycles. The third kappa shape index (κ3) is 2.91. The Morgan fingerprint density at radius 2 is 1.84 bits per heavy atom. The summed E-state index contributed by atoms with van der Waals surface area (Å²) in [6, 6.07) is 20.3. The van der Waals surface area contributed by atoms with E-state index in [9.17, 15) is 4.79 Å². The summed E-state index contributed by atoms with van der Waals surface area (Å²) in [6.07, 6.45) is 3.88. The number of carbonyl (C=O) groups is 1. The van der Waals surface area contributed by atoms with Gasteiger partial charge in [-0.25, -0.2) is 0 Å². The third-order valence-corrected chi connectivity index (χ3v) is 5.32. The number of benzene rings is 2. The number of rotatable bonds is 2. The van der Waals surface area contributed by atoms with Crippen LogP contribution < -0.4 is 0 Å². The van der Waals surface area contributed by atoms with E-state index in [1.807, 2.05) is 41.3 Å². The van der Waals surface area contributed by atoms with Gasteiger partial charge < -0.3 is 4.90 Å². The first-order chi connectivity index (χ1) is 12.2. The molecule has 4 rings (SSSR count). The zero-order valence-corrected chi connectivity index (χ0v) is 14.5. The van der Waals surface area contributed by atoms with Gasteiger partial charge in [-0.2, -0.15) is 0 Å².